The summed E-state index contributed by atoms with van der Waals surface area (Å²) in [6, 6.07) is 11.3. The van der Waals surface area contributed by atoms with Gasteiger partial charge in [0.25, 0.3) is 5.91 Å². The zero-order chi connectivity index (χ0) is 19.8. The molecule has 3 aromatic rings. The summed E-state index contributed by atoms with van der Waals surface area (Å²) in [5.41, 5.74) is 4.32. The third-order valence-corrected chi connectivity index (χ3v) is 5.42. The number of aromatic nitrogens is 3. The molecule has 1 fully saturated rings. The minimum atomic E-state index is -0.168. The predicted octanol–water partition coefficient (Wildman–Crippen LogP) is 3.39. The van der Waals surface area contributed by atoms with Gasteiger partial charge in [0.05, 0.1) is 5.69 Å². The molecule has 1 amide bonds. The van der Waals surface area contributed by atoms with Gasteiger partial charge in [-0.05, 0) is 39.7 Å². The molecule has 144 valence electrons. The van der Waals surface area contributed by atoms with E-state index < -0.39 is 0 Å². The van der Waals surface area contributed by atoms with Crippen LogP contribution in [0.25, 0.3) is 5.65 Å². The third-order valence-electron chi connectivity index (χ3n) is 5.42. The summed E-state index contributed by atoms with van der Waals surface area (Å²) in [6.07, 6.45) is 1.63. The van der Waals surface area contributed by atoms with Gasteiger partial charge in [0.15, 0.2) is 11.4 Å². The van der Waals surface area contributed by atoms with Crippen LogP contribution in [0.2, 0.25) is 0 Å². The van der Waals surface area contributed by atoms with Gasteiger partial charge in [0.1, 0.15) is 5.56 Å². The number of likely N-dealkylation sites (tertiary alicyclic amines) is 1. The Hall–Kier alpha value is -3.02. The number of rotatable bonds is 3. The first-order chi connectivity index (χ1) is 13.5. The number of amides is 1. The minimum absolute atomic E-state index is 0.0874. The fourth-order valence-corrected chi connectivity index (χ4v) is 4.05. The number of carbonyl (C=O) groups is 2. The number of benzene rings is 1. The van der Waals surface area contributed by atoms with Crippen LogP contribution in [0.5, 0.6) is 0 Å². The van der Waals surface area contributed by atoms with Crippen molar-refractivity contribution in [3.05, 3.63) is 64.6 Å². The minimum Gasteiger partial charge on any atom is -0.338 e. The van der Waals surface area contributed by atoms with Gasteiger partial charge in [-0.2, -0.15) is 5.10 Å². The number of piperidine rings is 1. The molecule has 1 aromatic carbocycles. The number of hydrogen-bond donors (Lipinski definition) is 0. The van der Waals surface area contributed by atoms with Crippen molar-refractivity contribution < 1.29 is 9.59 Å². The van der Waals surface area contributed by atoms with E-state index in [2.05, 4.69) is 10.1 Å². The molecule has 0 radical (unpaired) electrons. The number of nitrogens with zero attached hydrogens (tertiary/aromatic N) is 4. The van der Waals surface area contributed by atoms with Crippen molar-refractivity contribution in [2.75, 3.05) is 13.1 Å². The second kappa shape index (κ2) is 7.19. The summed E-state index contributed by atoms with van der Waals surface area (Å²) in [7, 11) is 0. The van der Waals surface area contributed by atoms with E-state index in [4.69, 9.17) is 0 Å². The van der Waals surface area contributed by atoms with Crippen molar-refractivity contribution in [3.8, 4) is 0 Å². The van der Waals surface area contributed by atoms with E-state index in [9.17, 15) is 9.59 Å². The first-order valence-corrected chi connectivity index (χ1v) is 9.68. The topological polar surface area (TPSA) is 67.6 Å². The van der Waals surface area contributed by atoms with E-state index in [0.717, 1.165) is 24.2 Å². The van der Waals surface area contributed by atoms with Crippen LogP contribution < -0.4 is 0 Å². The Labute approximate surface area is 164 Å². The molecule has 0 saturated carbocycles. The average Bonchev–Trinajstić information content (AvgIpc) is 3.04. The van der Waals surface area contributed by atoms with E-state index in [1.807, 2.05) is 57.2 Å². The molecule has 1 atom stereocenters. The average molecular weight is 376 g/mol. The Morgan fingerprint density at radius 2 is 1.86 bits per heavy atom. The number of Topliss-reactive ketones (excluding diaryl/α,β-unsaturated/α-hetero) is 1. The smallest absolute Gasteiger partial charge is 0.259 e. The summed E-state index contributed by atoms with van der Waals surface area (Å²) in [5, 5.41) is 4.51. The highest BCUT2D eigenvalue weighted by Crippen LogP contribution is 2.25. The standard InChI is InChI=1S/C22H24N4O2/c1-14-12-15(2)26-21(23-14)19(16(3)24-26)22(28)25-11-7-10-18(13-25)20(27)17-8-5-4-6-9-17/h4-6,8-9,12,18H,7,10-11,13H2,1-3H3. The second-order valence-corrected chi connectivity index (χ2v) is 7.56. The number of fused-ring (bicyclic) bond motifs is 1. The van der Waals surface area contributed by atoms with E-state index in [-0.39, 0.29) is 17.6 Å². The lowest BCUT2D eigenvalue weighted by Crippen LogP contribution is -2.42. The van der Waals surface area contributed by atoms with Crippen molar-refractivity contribution in [3.63, 3.8) is 0 Å². The quantitative estimate of drug-likeness (QED) is 0.657. The molecule has 2 aromatic heterocycles. The molecule has 6 heteroatoms. The highest BCUT2D eigenvalue weighted by Gasteiger charge is 2.32. The molecule has 3 heterocycles. The largest absolute Gasteiger partial charge is 0.338 e. The Bertz CT molecular complexity index is 1060. The summed E-state index contributed by atoms with van der Waals surface area (Å²) < 4.78 is 1.73. The first kappa shape index (κ1) is 18.3. The highest BCUT2D eigenvalue weighted by molar-refractivity contribution is 6.02. The van der Waals surface area contributed by atoms with Gasteiger partial charge in [-0.25, -0.2) is 9.50 Å². The summed E-state index contributed by atoms with van der Waals surface area (Å²) in [4.78, 5) is 32.6. The maximum atomic E-state index is 13.3. The zero-order valence-electron chi connectivity index (χ0n) is 16.5. The number of ketones is 1. The van der Waals surface area contributed by atoms with Crippen LogP contribution in [0.1, 0.15) is 50.6 Å². The van der Waals surface area contributed by atoms with Crippen molar-refractivity contribution in [2.45, 2.75) is 33.6 Å². The summed E-state index contributed by atoms with van der Waals surface area (Å²) in [5.74, 6) is -0.145. The van der Waals surface area contributed by atoms with Crippen LogP contribution in [0.4, 0.5) is 0 Å². The molecule has 1 unspecified atom stereocenters. The Morgan fingerprint density at radius 1 is 1.11 bits per heavy atom. The molecule has 0 spiro atoms. The Morgan fingerprint density at radius 3 is 2.61 bits per heavy atom. The zero-order valence-corrected chi connectivity index (χ0v) is 16.5. The molecule has 6 nitrogen and oxygen atoms in total. The molecule has 0 aliphatic carbocycles. The predicted molar refractivity (Wildman–Crippen MR) is 107 cm³/mol. The molecule has 0 bridgehead atoms. The normalized spacial score (nSPS) is 17.1. The second-order valence-electron chi connectivity index (χ2n) is 7.56. The molecule has 1 aliphatic rings. The van der Waals surface area contributed by atoms with Gasteiger partial charge < -0.3 is 4.90 Å². The number of hydrogen-bond acceptors (Lipinski definition) is 4. The van der Waals surface area contributed by atoms with Crippen LogP contribution in [-0.4, -0.2) is 44.3 Å². The molecule has 1 saturated heterocycles. The molecular weight excluding hydrogens is 352 g/mol. The lowest BCUT2D eigenvalue weighted by molar-refractivity contribution is 0.0638. The Balaban J connectivity index is 1.63. The Kier molecular flexibility index (Phi) is 4.71. The third kappa shape index (κ3) is 3.19. The summed E-state index contributed by atoms with van der Waals surface area (Å²) in [6.45, 7) is 6.80. The van der Waals surface area contributed by atoms with Crippen molar-refractivity contribution >= 4 is 17.3 Å². The highest BCUT2D eigenvalue weighted by atomic mass is 16.2. The molecule has 28 heavy (non-hydrogen) atoms. The van der Waals surface area contributed by atoms with E-state index in [0.29, 0.717) is 35.6 Å². The van der Waals surface area contributed by atoms with E-state index >= 15 is 0 Å². The van der Waals surface area contributed by atoms with Gasteiger partial charge in [0.2, 0.25) is 0 Å². The van der Waals surface area contributed by atoms with Gasteiger partial charge in [-0.1, -0.05) is 30.3 Å². The lowest BCUT2D eigenvalue weighted by atomic mass is 9.89. The van der Waals surface area contributed by atoms with Gasteiger partial charge in [-0.15, -0.1) is 0 Å². The van der Waals surface area contributed by atoms with Crippen molar-refractivity contribution in [2.24, 2.45) is 5.92 Å². The maximum absolute atomic E-state index is 13.3. The fraction of sp³-hybridized carbons (Fsp3) is 0.364. The molecule has 4 rings (SSSR count). The number of carbonyl (C=O) groups excluding carboxylic acids is 2. The van der Waals surface area contributed by atoms with E-state index in [1.54, 1.807) is 9.42 Å². The van der Waals surface area contributed by atoms with Crippen LogP contribution in [0.3, 0.4) is 0 Å². The number of aryl methyl sites for hydroxylation is 3. The van der Waals surface area contributed by atoms with Crippen LogP contribution in [0.15, 0.2) is 36.4 Å². The lowest BCUT2D eigenvalue weighted by Gasteiger charge is -2.32. The SMILES string of the molecule is Cc1cc(C)n2nc(C)c(C(=O)N3CCCC(C(=O)c4ccccc4)C3)c2n1. The fourth-order valence-electron chi connectivity index (χ4n) is 4.05. The molecule has 1 aliphatic heterocycles. The monoisotopic (exact) mass is 376 g/mol. The molecule has 0 N–H and O–H groups in total. The van der Waals surface area contributed by atoms with Gasteiger partial charge in [0, 0.05) is 36.0 Å². The van der Waals surface area contributed by atoms with Crippen LogP contribution in [0, 0.1) is 26.7 Å². The van der Waals surface area contributed by atoms with Crippen molar-refractivity contribution in [1.29, 1.82) is 0 Å². The van der Waals surface area contributed by atoms with Crippen LogP contribution in [-0.2, 0) is 0 Å². The van der Waals surface area contributed by atoms with Crippen molar-refractivity contribution in [1.82, 2.24) is 19.5 Å². The van der Waals surface area contributed by atoms with Gasteiger partial charge in [-0.3, -0.25) is 9.59 Å². The first-order valence-electron chi connectivity index (χ1n) is 9.68. The van der Waals surface area contributed by atoms with E-state index in [1.165, 1.54) is 0 Å². The summed E-state index contributed by atoms with van der Waals surface area (Å²) >= 11 is 0. The van der Waals surface area contributed by atoms with Gasteiger partial charge >= 0.3 is 0 Å². The molecular formula is C22H24N4O2. The van der Waals surface area contributed by atoms with Crippen LogP contribution >= 0.6 is 0 Å². The maximum Gasteiger partial charge on any atom is 0.259 e.